The predicted molar refractivity (Wildman–Crippen MR) is 114 cm³/mol. The summed E-state index contributed by atoms with van der Waals surface area (Å²) >= 11 is 0. The van der Waals surface area contributed by atoms with Gasteiger partial charge in [0.05, 0.1) is 17.1 Å². The van der Waals surface area contributed by atoms with Crippen molar-refractivity contribution >= 4 is 39.8 Å². The van der Waals surface area contributed by atoms with Gasteiger partial charge < -0.3 is 15.4 Å². The molecule has 0 aromatic rings. The number of guanidine groups is 1. The minimum absolute atomic E-state index is 0. The van der Waals surface area contributed by atoms with E-state index in [0.717, 1.165) is 31.8 Å². The molecule has 26 heavy (non-hydrogen) atoms. The van der Waals surface area contributed by atoms with E-state index in [1.165, 1.54) is 38.5 Å². The number of rotatable bonds is 4. The Morgan fingerprint density at radius 1 is 1.08 bits per heavy atom. The Labute approximate surface area is 174 Å². The van der Waals surface area contributed by atoms with Crippen LogP contribution >= 0.6 is 24.0 Å². The van der Waals surface area contributed by atoms with E-state index in [2.05, 4.69) is 10.6 Å². The first kappa shape index (κ1) is 20.6. The van der Waals surface area contributed by atoms with Crippen LogP contribution in [0, 0.1) is 5.92 Å². The first-order chi connectivity index (χ1) is 12.0. The highest BCUT2D eigenvalue weighted by Crippen LogP contribution is 2.40. The highest BCUT2D eigenvalue weighted by atomic mass is 127. The standard InChI is InChI=1S/C18H31N3O3S.HI/c22-25(23)10-6-14(13-25)12-19-17(20-15-3-4-15)21-16-5-9-24-18(11-16)7-1-2-8-18;/h14-16H,1-13H2,(H2,19,20,21);1H. The Morgan fingerprint density at radius 3 is 2.46 bits per heavy atom. The fourth-order valence-corrected chi connectivity index (χ4v) is 6.35. The maximum Gasteiger partial charge on any atom is 0.191 e. The van der Waals surface area contributed by atoms with Crippen molar-refractivity contribution in [3.8, 4) is 0 Å². The smallest absolute Gasteiger partial charge is 0.191 e. The van der Waals surface area contributed by atoms with E-state index in [1.807, 2.05) is 0 Å². The molecule has 2 aliphatic heterocycles. The van der Waals surface area contributed by atoms with Gasteiger partial charge in [-0.1, -0.05) is 12.8 Å². The maximum atomic E-state index is 11.6. The summed E-state index contributed by atoms with van der Waals surface area (Å²) in [5.41, 5.74) is 0.0974. The number of hydrogen-bond acceptors (Lipinski definition) is 4. The lowest BCUT2D eigenvalue weighted by Crippen LogP contribution is -2.51. The number of hydrogen-bond donors (Lipinski definition) is 2. The van der Waals surface area contributed by atoms with Gasteiger partial charge in [-0.25, -0.2) is 8.42 Å². The normalized spacial score (nSPS) is 33.0. The Morgan fingerprint density at radius 2 is 1.81 bits per heavy atom. The van der Waals surface area contributed by atoms with Gasteiger partial charge in [0, 0.05) is 25.2 Å². The van der Waals surface area contributed by atoms with Gasteiger partial charge in [0.15, 0.2) is 15.8 Å². The van der Waals surface area contributed by atoms with Gasteiger partial charge in [0.2, 0.25) is 0 Å². The average molecular weight is 497 g/mol. The summed E-state index contributed by atoms with van der Waals surface area (Å²) < 4.78 is 29.4. The van der Waals surface area contributed by atoms with Crippen molar-refractivity contribution in [2.24, 2.45) is 10.9 Å². The summed E-state index contributed by atoms with van der Waals surface area (Å²) in [5.74, 6) is 1.69. The quantitative estimate of drug-likeness (QED) is 0.354. The molecule has 6 nitrogen and oxygen atoms in total. The fourth-order valence-electron chi connectivity index (χ4n) is 4.50. The van der Waals surface area contributed by atoms with Gasteiger partial charge in [0.25, 0.3) is 0 Å². The number of nitrogens with one attached hydrogen (secondary N) is 2. The Bertz CT molecular complexity index is 615. The number of sulfone groups is 1. The molecule has 1 spiro atoms. The first-order valence-electron chi connectivity index (χ1n) is 9.94. The second-order valence-corrected chi connectivity index (χ2v) is 10.7. The molecule has 150 valence electrons. The molecule has 2 saturated carbocycles. The van der Waals surface area contributed by atoms with Crippen molar-refractivity contribution in [3.63, 3.8) is 0 Å². The second kappa shape index (κ2) is 8.51. The van der Waals surface area contributed by atoms with Crippen LogP contribution in [0.3, 0.4) is 0 Å². The molecule has 2 atom stereocenters. The maximum absolute atomic E-state index is 11.6. The summed E-state index contributed by atoms with van der Waals surface area (Å²) in [6.07, 6.45) is 10.2. The van der Waals surface area contributed by atoms with Crippen LogP contribution in [0.5, 0.6) is 0 Å². The lowest BCUT2D eigenvalue weighted by atomic mass is 9.89. The molecule has 2 unspecified atom stereocenters. The van der Waals surface area contributed by atoms with Crippen LogP contribution in [0.1, 0.15) is 57.8 Å². The number of nitrogens with zero attached hydrogens (tertiary/aromatic N) is 1. The zero-order valence-corrected chi connectivity index (χ0v) is 18.6. The molecule has 0 aromatic heterocycles. The molecule has 0 bridgehead atoms. The summed E-state index contributed by atoms with van der Waals surface area (Å²) in [6.45, 7) is 1.44. The van der Waals surface area contributed by atoms with E-state index < -0.39 is 9.84 Å². The van der Waals surface area contributed by atoms with Crippen molar-refractivity contribution in [3.05, 3.63) is 0 Å². The van der Waals surface area contributed by atoms with Crippen molar-refractivity contribution in [2.75, 3.05) is 24.7 Å². The van der Waals surface area contributed by atoms with Gasteiger partial charge >= 0.3 is 0 Å². The molecule has 2 aliphatic carbocycles. The van der Waals surface area contributed by atoms with Crippen LogP contribution in [0.4, 0.5) is 0 Å². The van der Waals surface area contributed by atoms with E-state index in [9.17, 15) is 8.42 Å². The Kier molecular flexibility index (Phi) is 6.75. The van der Waals surface area contributed by atoms with Crippen molar-refractivity contribution in [1.29, 1.82) is 0 Å². The molecule has 8 heteroatoms. The van der Waals surface area contributed by atoms with Crippen LogP contribution in [-0.4, -0.2) is 56.7 Å². The van der Waals surface area contributed by atoms with Crippen molar-refractivity contribution in [2.45, 2.75) is 75.5 Å². The van der Waals surface area contributed by atoms with E-state index in [4.69, 9.17) is 9.73 Å². The molecule has 2 heterocycles. The van der Waals surface area contributed by atoms with Gasteiger partial charge in [0.1, 0.15) is 0 Å². The topological polar surface area (TPSA) is 79.8 Å². The molecular formula is C18H32IN3O3S. The van der Waals surface area contributed by atoms with E-state index in [0.29, 0.717) is 30.1 Å². The molecule has 4 rings (SSSR count). The van der Waals surface area contributed by atoms with E-state index in [-0.39, 0.29) is 35.5 Å². The van der Waals surface area contributed by atoms with Gasteiger partial charge in [-0.3, -0.25) is 4.99 Å². The zero-order chi connectivity index (χ0) is 17.3. The van der Waals surface area contributed by atoms with Crippen LogP contribution in [0.2, 0.25) is 0 Å². The van der Waals surface area contributed by atoms with Crippen LogP contribution in [-0.2, 0) is 14.6 Å². The molecular weight excluding hydrogens is 465 g/mol. The summed E-state index contributed by atoms with van der Waals surface area (Å²) in [5, 5.41) is 7.14. The molecule has 2 N–H and O–H groups in total. The monoisotopic (exact) mass is 497 g/mol. The van der Waals surface area contributed by atoms with Crippen molar-refractivity contribution in [1.82, 2.24) is 10.6 Å². The highest BCUT2D eigenvalue weighted by Gasteiger charge is 2.40. The average Bonchev–Trinajstić information content (AvgIpc) is 3.16. The second-order valence-electron chi connectivity index (χ2n) is 8.45. The van der Waals surface area contributed by atoms with Crippen LogP contribution in [0.15, 0.2) is 4.99 Å². The SMILES string of the molecule is I.O=S1(=O)CCC(CN=C(NC2CC2)NC2CCOC3(CCCC3)C2)C1. The van der Waals surface area contributed by atoms with Gasteiger partial charge in [-0.15, -0.1) is 24.0 Å². The van der Waals surface area contributed by atoms with Gasteiger partial charge in [-0.05, 0) is 50.9 Å². The van der Waals surface area contributed by atoms with E-state index in [1.54, 1.807) is 0 Å². The summed E-state index contributed by atoms with van der Waals surface area (Å²) in [4.78, 5) is 4.75. The molecule has 0 aromatic carbocycles. The zero-order valence-electron chi connectivity index (χ0n) is 15.4. The largest absolute Gasteiger partial charge is 0.375 e. The lowest BCUT2D eigenvalue weighted by Gasteiger charge is -2.39. The Balaban J connectivity index is 0.00000196. The van der Waals surface area contributed by atoms with E-state index >= 15 is 0 Å². The minimum Gasteiger partial charge on any atom is -0.375 e. The predicted octanol–water partition coefficient (Wildman–Crippen LogP) is 2.23. The summed E-state index contributed by atoms with van der Waals surface area (Å²) in [7, 11) is -2.82. The minimum atomic E-state index is -2.82. The van der Waals surface area contributed by atoms with Crippen LogP contribution < -0.4 is 10.6 Å². The molecule has 4 fully saturated rings. The van der Waals surface area contributed by atoms with Gasteiger partial charge in [-0.2, -0.15) is 0 Å². The molecule has 2 saturated heterocycles. The first-order valence-corrected chi connectivity index (χ1v) is 11.8. The number of halogens is 1. The number of aliphatic imine (C=N–C) groups is 1. The molecule has 4 aliphatic rings. The highest BCUT2D eigenvalue weighted by molar-refractivity contribution is 14.0. The Hall–Kier alpha value is -0.0900. The molecule has 0 radical (unpaired) electrons. The summed E-state index contributed by atoms with van der Waals surface area (Å²) in [6, 6.07) is 0.947. The van der Waals surface area contributed by atoms with Crippen molar-refractivity contribution < 1.29 is 13.2 Å². The third kappa shape index (κ3) is 5.47. The number of ether oxygens (including phenoxy) is 1. The lowest BCUT2D eigenvalue weighted by molar-refractivity contribution is -0.0815. The van der Waals surface area contributed by atoms with Crippen LogP contribution in [0.25, 0.3) is 0 Å². The fraction of sp³-hybridized carbons (Fsp3) is 0.944. The molecule has 0 amide bonds. The third-order valence-electron chi connectivity index (χ3n) is 6.10. The third-order valence-corrected chi connectivity index (χ3v) is 7.94.